The highest BCUT2D eigenvalue weighted by atomic mass is 16.6. The highest BCUT2D eigenvalue weighted by molar-refractivity contribution is 6.61. The van der Waals surface area contributed by atoms with Gasteiger partial charge in [-0.3, -0.25) is 0 Å². The van der Waals surface area contributed by atoms with E-state index in [9.17, 15) is 0 Å². The lowest BCUT2D eigenvalue weighted by atomic mass is 9.72. The summed E-state index contributed by atoms with van der Waals surface area (Å²) in [4.78, 5) is 0. The van der Waals surface area contributed by atoms with Crippen LogP contribution in [-0.4, -0.2) is 27.4 Å². The van der Waals surface area contributed by atoms with Gasteiger partial charge in [-0.2, -0.15) is 0 Å². The van der Waals surface area contributed by atoms with E-state index in [0.717, 1.165) is 36.3 Å². The number of benzene rings is 1. The van der Waals surface area contributed by atoms with Crippen molar-refractivity contribution in [2.75, 3.05) is 20.3 Å². The van der Waals surface area contributed by atoms with Crippen molar-refractivity contribution in [2.24, 2.45) is 17.8 Å². The van der Waals surface area contributed by atoms with Crippen LogP contribution in [0.15, 0.2) is 24.3 Å². The predicted octanol–water partition coefficient (Wildman–Crippen LogP) is 4.44. The Labute approximate surface area is 153 Å². The van der Waals surface area contributed by atoms with Gasteiger partial charge in [-0.05, 0) is 42.3 Å². The monoisotopic (exact) mass is 344 g/mol. The van der Waals surface area contributed by atoms with Crippen molar-refractivity contribution in [1.29, 1.82) is 0 Å². The van der Waals surface area contributed by atoms with Gasteiger partial charge in [0.05, 0.1) is 7.11 Å². The van der Waals surface area contributed by atoms with Crippen LogP contribution in [0.2, 0.25) is 0 Å². The summed E-state index contributed by atoms with van der Waals surface area (Å²) in [6, 6.07) is 8.00. The second-order valence-corrected chi connectivity index (χ2v) is 7.81. The van der Waals surface area contributed by atoms with Crippen molar-refractivity contribution in [3.63, 3.8) is 0 Å². The first kappa shape index (κ1) is 18.8. The summed E-state index contributed by atoms with van der Waals surface area (Å²) in [5.74, 6) is 3.21. The third-order valence-electron chi connectivity index (χ3n) is 6.09. The smallest absolute Gasteiger partial charge is 0.493 e. The highest BCUT2D eigenvalue weighted by Crippen LogP contribution is 2.37. The molecule has 0 radical (unpaired) electrons. The van der Waals surface area contributed by atoms with Gasteiger partial charge in [0.2, 0.25) is 0 Å². The van der Waals surface area contributed by atoms with Gasteiger partial charge in [0.15, 0.2) is 0 Å². The van der Waals surface area contributed by atoms with Crippen LogP contribution in [0.3, 0.4) is 0 Å². The quantitative estimate of drug-likeness (QED) is 0.541. The topological polar surface area (TPSA) is 27.7 Å². The van der Waals surface area contributed by atoms with E-state index in [4.69, 9.17) is 14.0 Å². The van der Waals surface area contributed by atoms with Crippen molar-refractivity contribution in [3.05, 3.63) is 24.3 Å². The fraction of sp³-hybridized carbons (Fsp3) is 0.714. The van der Waals surface area contributed by atoms with Crippen LogP contribution in [-0.2, 0) is 9.31 Å². The van der Waals surface area contributed by atoms with E-state index in [0.29, 0.717) is 5.92 Å². The molecule has 25 heavy (non-hydrogen) atoms. The van der Waals surface area contributed by atoms with Gasteiger partial charge in [0.25, 0.3) is 0 Å². The van der Waals surface area contributed by atoms with Crippen molar-refractivity contribution < 1.29 is 14.0 Å². The molecule has 1 aromatic rings. The van der Waals surface area contributed by atoms with Crippen molar-refractivity contribution in [3.8, 4) is 5.75 Å². The highest BCUT2D eigenvalue weighted by Gasteiger charge is 2.34. The summed E-state index contributed by atoms with van der Waals surface area (Å²) in [7, 11) is 1.47. The lowest BCUT2D eigenvalue weighted by molar-refractivity contribution is 0.0373. The molecular formula is C21H33BO3. The third kappa shape index (κ3) is 5.24. The number of ether oxygens (including phenoxy) is 1. The first-order chi connectivity index (χ1) is 12.3. The van der Waals surface area contributed by atoms with Crippen molar-refractivity contribution in [1.82, 2.24) is 0 Å². The van der Waals surface area contributed by atoms with Crippen LogP contribution in [0.25, 0.3) is 0 Å². The molecule has 2 aliphatic rings. The molecule has 1 aliphatic carbocycles. The molecule has 3 nitrogen and oxygen atoms in total. The molecule has 4 heteroatoms. The predicted molar refractivity (Wildman–Crippen MR) is 103 cm³/mol. The zero-order chi connectivity index (χ0) is 17.5. The molecule has 0 atom stereocenters. The van der Waals surface area contributed by atoms with Gasteiger partial charge < -0.3 is 14.0 Å². The van der Waals surface area contributed by atoms with Gasteiger partial charge >= 0.3 is 7.12 Å². The van der Waals surface area contributed by atoms with Crippen molar-refractivity contribution in [2.45, 2.75) is 58.3 Å². The van der Waals surface area contributed by atoms with Crippen LogP contribution >= 0.6 is 0 Å². The summed E-state index contributed by atoms with van der Waals surface area (Å²) < 4.78 is 17.3. The Kier molecular flexibility index (Phi) is 7.24. The molecule has 0 N–H and O–H groups in total. The normalized spacial score (nSPS) is 25.1. The van der Waals surface area contributed by atoms with Crippen LogP contribution in [0.1, 0.15) is 58.3 Å². The second-order valence-electron chi connectivity index (χ2n) is 7.81. The molecular weight excluding hydrogens is 311 g/mol. The summed E-state index contributed by atoms with van der Waals surface area (Å²) in [5, 5.41) is 0. The maximum Gasteiger partial charge on any atom is 0.493 e. The number of methoxy groups -OCH3 is 1. The molecule has 1 aliphatic heterocycles. The molecule has 1 saturated heterocycles. The molecule has 1 heterocycles. The molecule has 0 amide bonds. The lowest BCUT2D eigenvalue weighted by Crippen LogP contribution is -2.46. The van der Waals surface area contributed by atoms with E-state index in [1.54, 1.807) is 7.11 Å². The lowest BCUT2D eigenvalue weighted by Gasteiger charge is -2.37. The molecule has 0 bridgehead atoms. The Morgan fingerprint density at radius 2 is 1.64 bits per heavy atom. The van der Waals surface area contributed by atoms with E-state index in [1.165, 1.54) is 51.4 Å². The van der Waals surface area contributed by atoms with Gasteiger partial charge in [-0.15, -0.1) is 0 Å². The molecule has 2 fully saturated rings. The fourth-order valence-corrected chi connectivity index (χ4v) is 4.38. The number of hydrogen-bond donors (Lipinski definition) is 0. The van der Waals surface area contributed by atoms with Gasteiger partial charge in [0.1, 0.15) is 5.75 Å². The van der Waals surface area contributed by atoms with E-state index in [2.05, 4.69) is 6.92 Å². The minimum Gasteiger partial charge on any atom is -0.497 e. The van der Waals surface area contributed by atoms with Crippen molar-refractivity contribution >= 4 is 12.6 Å². The Bertz CT molecular complexity index is 488. The van der Waals surface area contributed by atoms with Crippen LogP contribution in [0.5, 0.6) is 5.75 Å². The largest absolute Gasteiger partial charge is 0.497 e. The van der Waals surface area contributed by atoms with Crippen LogP contribution in [0, 0.1) is 17.8 Å². The van der Waals surface area contributed by atoms with Gasteiger partial charge in [-0.25, -0.2) is 0 Å². The fourth-order valence-electron chi connectivity index (χ4n) is 4.38. The first-order valence-electron chi connectivity index (χ1n) is 10.2. The van der Waals surface area contributed by atoms with E-state index >= 15 is 0 Å². The number of hydrogen-bond acceptors (Lipinski definition) is 3. The summed E-state index contributed by atoms with van der Waals surface area (Å²) in [5.41, 5.74) is 1.08. The zero-order valence-corrected chi connectivity index (χ0v) is 15.9. The maximum absolute atomic E-state index is 6.05. The van der Waals surface area contributed by atoms with E-state index in [-0.39, 0.29) is 7.12 Å². The minimum atomic E-state index is -0.215. The molecule has 3 rings (SSSR count). The molecule has 0 spiro atoms. The minimum absolute atomic E-state index is 0.215. The Morgan fingerprint density at radius 3 is 2.24 bits per heavy atom. The summed E-state index contributed by atoms with van der Waals surface area (Å²) >= 11 is 0. The Hall–Kier alpha value is -0.995. The first-order valence-corrected chi connectivity index (χ1v) is 10.2. The molecule has 1 aromatic carbocycles. The van der Waals surface area contributed by atoms with Crippen LogP contribution in [0.4, 0.5) is 0 Å². The maximum atomic E-state index is 6.05. The van der Waals surface area contributed by atoms with E-state index < -0.39 is 0 Å². The Balaban J connectivity index is 1.40. The number of unbranched alkanes of at least 4 members (excludes halogenated alkanes) is 2. The van der Waals surface area contributed by atoms with Crippen LogP contribution < -0.4 is 10.2 Å². The molecule has 1 saturated carbocycles. The molecule has 138 valence electrons. The number of rotatable bonds is 7. The SMILES string of the molecule is CCCCCC1CCC(C2COB(c3ccc(OC)cc3)OC2)CC1. The average molecular weight is 344 g/mol. The zero-order valence-electron chi connectivity index (χ0n) is 15.9. The standard InChI is InChI=1S/C21H33BO3/c1-3-4-5-6-17-7-9-18(10-8-17)19-15-24-22(25-16-19)20-11-13-21(23-2)14-12-20/h11-14,17-19H,3-10,15-16H2,1-2H3. The Morgan fingerprint density at radius 1 is 0.960 bits per heavy atom. The second kappa shape index (κ2) is 9.63. The molecule has 0 unspecified atom stereocenters. The third-order valence-corrected chi connectivity index (χ3v) is 6.09. The van der Waals surface area contributed by atoms with Gasteiger partial charge in [0, 0.05) is 19.1 Å². The summed E-state index contributed by atoms with van der Waals surface area (Å²) in [6.45, 7) is 3.96. The summed E-state index contributed by atoms with van der Waals surface area (Å²) in [6.07, 6.45) is 11.1. The van der Waals surface area contributed by atoms with E-state index in [1.807, 2.05) is 24.3 Å². The van der Waals surface area contributed by atoms with Gasteiger partial charge in [-0.1, -0.05) is 57.6 Å². The average Bonchev–Trinajstić information content (AvgIpc) is 2.69. The molecule has 0 aromatic heterocycles.